The number of nitrogens with one attached hydrogen (secondary N) is 2. The zero-order valence-electron chi connectivity index (χ0n) is 11.7. The first-order chi connectivity index (χ1) is 7.74. The highest BCUT2D eigenvalue weighted by Gasteiger charge is 2.28. The van der Waals surface area contributed by atoms with Crippen LogP contribution >= 0.6 is 0 Å². The Morgan fingerprint density at radius 1 is 1.06 bits per heavy atom. The first-order valence-electron chi connectivity index (χ1n) is 6.08. The highest BCUT2D eigenvalue weighted by atomic mass is 15.4. The molecule has 5 nitrogen and oxygen atoms in total. The van der Waals surface area contributed by atoms with Gasteiger partial charge >= 0.3 is 0 Å². The molecule has 2 N–H and O–H groups in total. The minimum atomic E-state index is 0.347. The zero-order chi connectivity index (χ0) is 13.2. The van der Waals surface area contributed by atoms with Crippen LogP contribution in [0.4, 0.5) is 0 Å². The van der Waals surface area contributed by atoms with Gasteiger partial charge in [-0.15, -0.1) is 0 Å². The summed E-state index contributed by atoms with van der Waals surface area (Å²) < 4.78 is 0. The van der Waals surface area contributed by atoms with Crippen molar-refractivity contribution in [1.82, 2.24) is 14.7 Å². The molecule has 5 heteroatoms. The Balaban J connectivity index is 2.57. The second-order valence-electron chi connectivity index (χ2n) is 5.75. The van der Waals surface area contributed by atoms with E-state index in [1.54, 1.807) is 16.8 Å². The van der Waals surface area contributed by atoms with E-state index in [0.717, 1.165) is 25.9 Å². The van der Waals surface area contributed by atoms with Crippen molar-refractivity contribution in [2.24, 2.45) is 5.41 Å². The average Bonchev–Trinajstić information content (AvgIpc) is 2.26. The molecule has 98 valence electrons. The van der Waals surface area contributed by atoms with Gasteiger partial charge in [-0.2, -0.15) is 0 Å². The van der Waals surface area contributed by atoms with Crippen LogP contribution in [-0.2, 0) is 0 Å². The SMILES string of the molecule is CN(C)C(=N)N(C)C(=N)N1CCC(C)(C)CC1. The number of likely N-dealkylation sites (tertiary alicyclic amines) is 1. The largest absolute Gasteiger partial charge is 0.349 e. The number of hydrogen-bond acceptors (Lipinski definition) is 2. The van der Waals surface area contributed by atoms with Crippen LogP contribution in [-0.4, -0.2) is 60.9 Å². The van der Waals surface area contributed by atoms with Crippen LogP contribution in [0.1, 0.15) is 26.7 Å². The molecule has 0 aromatic rings. The molecule has 1 aliphatic rings. The molecule has 0 bridgehead atoms. The normalized spacial score (nSPS) is 18.8. The highest BCUT2D eigenvalue weighted by Crippen LogP contribution is 2.29. The molecule has 1 saturated heterocycles. The summed E-state index contributed by atoms with van der Waals surface area (Å²) in [5.74, 6) is 0.777. The highest BCUT2D eigenvalue weighted by molar-refractivity contribution is 5.95. The molecule has 0 atom stereocenters. The van der Waals surface area contributed by atoms with Crippen molar-refractivity contribution in [3.63, 3.8) is 0 Å². The van der Waals surface area contributed by atoms with Crippen LogP contribution in [0.3, 0.4) is 0 Å². The summed E-state index contributed by atoms with van der Waals surface area (Å²) >= 11 is 0. The third kappa shape index (κ3) is 3.35. The maximum absolute atomic E-state index is 8.13. The molecular formula is C12H25N5. The lowest BCUT2D eigenvalue weighted by Crippen LogP contribution is -2.51. The third-order valence-electron chi connectivity index (χ3n) is 3.48. The summed E-state index contributed by atoms with van der Waals surface area (Å²) in [5, 5.41) is 16.0. The van der Waals surface area contributed by atoms with Gasteiger partial charge in [0, 0.05) is 34.2 Å². The molecule has 1 heterocycles. The Bertz CT molecular complexity index is 298. The Morgan fingerprint density at radius 3 is 1.94 bits per heavy atom. The summed E-state index contributed by atoms with van der Waals surface area (Å²) in [6.45, 7) is 6.38. The standard InChI is InChI=1S/C12H25N5/c1-12(2)6-8-17(9-7-12)11(14)16(5)10(13)15(3)4/h13-14H,6-9H2,1-5H3. The van der Waals surface area contributed by atoms with Gasteiger partial charge in [-0.3, -0.25) is 15.7 Å². The van der Waals surface area contributed by atoms with Crippen molar-refractivity contribution in [1.29, 1.82) is 10.8 Å². The van der Waals surface area contributed by atoms with Crippen LogP contribution in [0.25, 0.3) is 0 Å². The van der Waals surface area contributed by atoms with Crippen molar-refractivity contribution in [2.45, 2.75) is 26.7 Å². The van der Waals surface area contributed by atoms with Crippen molar-refractivity contribution >= 4 is 11.9 Å². The summed E-state index contributed by atoms with van der Waals surface area (Å²) in [6.07, 6.45) is 2.22. The third-order valence-corrected chi connectivity index (χ3v) is 3.48. The molecule has 0 aliphatic carbocycles. The smallest absolute Gasteiger partial charge is 0.200 e. The minimum absolute atomic E-state index is 0.347. The molecule has 0 saturated carbocycles. The maximum atomic E-state index is 8.13. The first kappa shape index (κ1) is 13.8. The van der Waals surface area contributed by atoms with E-state index in [2.05, 4.69) is 18.7 Å². The second kappa shape index (κ2) is 4.94. The predicted molar refractivity (Wildman–Crippen MR) is 71.5 cm³/mol. The van der Waals surface area contributed by atoms with E-state index in [-0.39, 0.29) is 0 Å². The summed E-state index contributed by atoms with van der Waals surface area (Å²) in [5.41, 5.74) is 0.393. The van der Waals surface area contributed by atoms with Crippen molar-refractivity contribution in [3.8, 4) is 0 Å². The van der Waals surface area contributed by atoms with Crippen LogP contribution in [0.2, 0.25) is 0 Å². The molecular weight excluding hydrogens is 214 g/mol. The predicted octanol–water partition coefficient (Wildman–Crippen LogP) is 1.47. The fourth-order valence-corrected chi connectivity index (χ4v) is 1.94. The molecule has 0 aromatic carbocycles. The van der Waals surface area contributed by atoms with E-state index in [9.17, 15) is 0 Å². The van der Waals surface area contributed by atoms with Gasteiger partial charge in [0.25, 0.3) is 0 Å². The Hall–Kier alpha value is -1.26. The van der Waals surface area contributed by atoms with Gasteiger partial charge in [-0.1, -0.05) is 13.8 Å². The van der Waals surface area contributed by atoms with E-state index in [1.807, 2.05) is 14.1 Å². The second-order valence-corrected chi connectivity index (χ2v) is 5.75. The van der Waals surface area contributed by atoms with Crippen molar-refractivity contribution in [2.75, 3.05) is 34.2 Å². The molecule has 0 spiro atoms. The van der Waals surface area contributed by atoms with Crippen molar-refractivity contribution in [3.05, 3.63) is 0 Å². The van der Waals surface area contributed by atoms with Crippen LogP contribution in [0, 0.1) is 16.2 Å². The van der Waals surface area contributed by atoms with Gasteiger partial charge in [0.05, 0.1) is 0 Å². The molecule has 17 heavy (non-hydrogen) atoms. The van der Waals surface area contributed by atoms with E-state index < -0.39 is 0 Å². The number of nitrogens with zero attached hydrogens (tertiary/aromatic N) is 3. The van der Waals surface area contributed by atoms with E-state index >= 15 is 0 Å². The molecule has 0 aromatic heterocycles. The fourth-order valence-electron chi connectivity index (χ4n) is 1.94. The number of piperidine rings is 1. The van der Waals surface area contributed by atoms with Crippen LogP contribution in [0.5, 0.6) is 0 Å². The van der Waals surface area contributed by atoms with E-state index in [0.29, 0.717) is 17.3 Å². The lowest BCUT2D eigenvalue weighted by molar-refractivity contribution is 0.179. The summed E-state index contributed by atoms with van der Waals surface area (Å²) in [6, 6.07) is 0. The lowest BCUT2D eigenvalue weighted by atomic mass is 9.83. The lowest BCUT2D eigenvalue weighted by Gasteiger charge is -2.40. The number of rotatable bonds is 0. The van der Waals surface area contributed by atoms with Gasteiger partial charge in [-0.05, 0) is 18.3 Å². The van der Waals surface area contributed by atoms with Gasteiger partial charge in [0.2, 0.25) is 0 Å². The first-order valence-corrected chi connectivity index (χ1v) is 6.08. The number of hydrogen-bond donors (Lipinski definition) is 2. The molecule has 1 fully saturated rings. The minimum Gasteiger partial charge on any atom is -0.349 e. The summed E-state index contributed by atoms with van der Waals surface area (Å²) in [7, 11) is 5.43. The summed E-state index contributed by atoms with van der Waals surface area (Å²) in [4.78, 5) is 5.39. The van der Waals surface area contributed by atoms with E-state index in [1.165, 1.54) is 0 Å². The average molecular weight is 239 g/mol. The van der Waals surface area contributed by atoms with Crippen molar-refractivity contribution < 1.29 is 0 Å². The zero-order valence-corrected chi connectivity index (χ0v) is 11.7. The topological polar surface area (TPSA) is 57.4 Å². The van der Waals surface area contributed by atoms with Gasteiger partial charge in [0.1, 0.15) is 0 Å². The monoisotopic (exact) mass is 239 g/mol. The number of guanidine groups is 2. The maximum Gasteiger partial charge on any atom is 0.200 e. The Labute approximate surface area is 104 Å². The van der Waals surface area contributed by atoms with E-state index in [4.69, 9.17) is 10.8 Å². The molecule has 0 amide bonds. The van der Waals surface area contributed by atoms with Gasteiger partial charge in [-0.25, -0.2) is 0 Å². The Kier molecular flexibility index (Phi) is 4.01. The molecule has 1 aliphatic heterocycles. The van der Waals surface area contributed by atoms with Gasteiger partial charge < -0.3 is 9.80 Å². The Morgan fingerprint density at radius 2 is 1.53 bits per heavy atom. The molecule has 0 radical (unpaired) electrons. The molecule has 0 unspecified atom stereocenters. The quantitative estimate of drug-likeness (QED) is 0.497. The van der Waals surface area contributed by atoms with Crippen LogP contribution < -0.4 is 0 Å². The van der Waals surface area contributed by atoms with Gasteiger partial charge in [0.15, 0.2) is 11.9 Å². The fraction of sp³-hybridized carbons (Fsp3) is 0.833. The van der Waals surface area contributed by atoms with Crippen LogP contribution in [0.15, 0.2) is 0 Å². The molecule has 1 rings (SSSR count).